The van der Waals surface area contributed by atoms with E-state index >= 15 is 0 Å². The second-order valence-electron chi connectivity index (χ2n) is 14.4. The van der Waals surface area contributed by atoms with Gasteiger partial charge in [-0.15, -0.1) is 0 Å². The SMILES string of the molecule is COc1cccc(CNc2nc(-c3ccc4nc(N)[nH]c4c3)cc(=O)[nH]2)c1.Clc1cc(Cl)nc(Cl)n1.Nc1ccc(-c2cc(Cl)nc(Cl)n2)cc1[N+](=O)[O-].Nc1nc2ccc(-c3cc(Cl)nc(Cl)n3)cc2[nH]1. The van der Waals surface area contributed by atoms with Crippen LogP contribution in [0.2, 0.25) is 36.5 Å². The Labute approximate surface area is 440 Å². The third kappa shape index (κ3) is 14.3. The molecule has 0 aliphatic carbocycles. The molecule has 0 fully saturated rings. The quantitative estimate of drug-likeness (QED) is 0.0244. The summed E-state index contributed by atoms with van der Waals surface area (Å²) in [6, 6.07) is 29.2. The number of hydrogen-bond acceptors (Lipinski definition) is 17. The number of nitro benzene ring substituents is 1. The largest absolute Gasteiger partial charge is 0.497 e. The number of nitro groups is 1. The molecule has 4 aromatic carbocycles. The van der Waals surface area contributed by atoms with E-state index in [4.69, 9.17) is 103 Å². The maximum atomic E-state index is 12.1. The highest BCUT2D eigenvalue weighted by atomic mass is 35.5. The summed E-state index contributed by atoms with van der Waals surface area (Å²) in [5.74, 6) is 1.89. The standard InChI is InChI=1S/C19H18N6O2.C11H7Cl2N5.C10H6Cl2N4O2.C4HCl3N2/c1-27-13-4-2-3-11(7-13)10-21-19-24-15(9-17(26)25-19)12-5-6-14-16(8-12)23-18(20)22-14;12-9-4-7(15-10(13)18-9)5-1-2-6-8(3-5)17-11(14)16-6;11-9-4-7(14-10(12)15-9)5-1-2-6(13)8(3-5)16(17)18;5-2-1-3(6)9-4(7)8-2/h2-9H,10H2,1H3,(H3,20,22,23)(H2,21,24,25,26);1-4H,(H3,14,16,17);1-4H,13H2;1H. The van der Waals surface area contributed by atoms with Gasteiger partial charge in [0, 0.05) is 53.6 Å². The van der Waals surface area contributed by atoms with Crippen LogP contribution in [0.5, 0.6) is 5.75 Å². The second kappa shape index (κ2) is 23.5. The number of aromatic amines is 3. The molecule has 0 unspecified atom stereocenters. The molecule has 72 heavy (non-hydrogen) atoms. The molecule has 0 aliphatic heterocycles. The highest BCUT2D eigenvalue weighted by molar-refractivity contribution is 6.35. The third-order valence-corrected chi connectivity index (χ3v) is 10.7. The molecular formula is C44H32Cl7N17O4. The number of methoxy groups -OCH3 is 1. The van der Waals surface area contributed by atoms with Gasteiger partial charge in [-0.25, -0.2) is 44.9 Å². The van der Waals surface area contributed by atoms with Crippen molar-refractivity contribution in [3.63, 3.8) is 0 Å². The van der Waals surface area contributed by atoms with Gasteiger partial charge in [0.25, 0.3) is 11.2 Å². The Bertz CT molecular complexity index is 3560. The number of nitrogens with zero attached hydrogens (tertiary/aromatic N) is 10. The minimum absolute atomic E-state index is 0.0306. The lowest BCUT2D eigenvalue weighted by Gasteiger charge is -2.08. The lowest BCUT2D eigenvalue weighted by molar-refractivity contribution is -0.383. The average Bonchev–Trinajstić information content (AvgIpc) is 3.90. The van der Waals surface area contributed by atoms with Gasteiger partial charge in [-0.05, 0) is 82.8 Å². The summed E-state index contributed by atoms with van der Waals surface area (Å²) in [5, 5.41) is 15.0. The van der Waals surface area contributed by atoms with Crippen LogP contribution in [0.3, 0.4) is 0 Å². The number of H-pyrrole nitrogens is 3. The number of hydrogen-bond donors (Lipinski definition) is 7. The van der Waals surface area contributed by atoms with Crippen LogP contribution in [0.4, 0.5) is 29.2 Å². The molecule has 0 aliphatic rings. The molecule has 0 bridgehead atoms. The van der Waals surface area contributed by atoms with E-state index in [0.29, 0.717) is 52.2 Å². The Morgan fingerprint density at radius 3 is 1.56 bits per heavy atom. The zero-order valence-corrected chi connectivity index (χ0v) is 41.8. The van der Waals surface area contributed by atoms with Crippen molar-refractivity contribution in [2.45, 2.75) is 6.54 Å². The number of nitrogens with one attached hydrogen (secondary N) is 4. The summed E-state index contributed by atoms with van der Waals surface area (Å²) in [4.78, 5) is 66.4. The average molecular weight is 1110 g/mol. The van der Waals surface area contributed by atoms with Crippen LogP contribution in [0.25, 0.3) is 55.8 Å². The molecule has 10 rings (SSSR count). The van der Waals surface area contributed by atoms with E-state index < -0.39 is 4.92 Å². The number of nitrogens with two attached hydrogens (primary N) is 3. The van der Waals surface area contributed by atoms with E-state index in [0.717, 1.165) is 44.5 Å². The Kier molecular flexibility index (Phi) is 17.1. The molecule has 0 amide bonds. The van der Waals surface area contributed by atoms with Crippen molar-refractivity contribution in [3.8, 4) is 39.5 Å². The fourth-order valence-corrected chi connectivity index (χ4v) is 7.84. The highest BCUT2D eigenvalue weighted by Crippen LogP contribution is 2.30. The first-order chi connectivity index (χ1) is 34.4. The van der Waals surface area contributed by atoms with Gasteiger partial charge in [-0.2, -0.15) is 0 Å². The van der Waals surface area contributed by atoms with Gasteiger partial charge in [-0.1, -0.05) is 76.7 Å². The topological polar surface area (TPSA) is 323 Å². The first-order valence-corrected chi connectivity index (χ1v) is 22.8. The molecule has 0 atom stereocenters. The predicted octanol–water partition coefficient (Wildman–Crippen LogP) is 10.8. The Morgan fingerprint density at radius 1 is 0.569 bits per heavy atom. The van der Waals surface area contributed by atoms with Crippen molar-refractivity contribution in [1.82, 2.24) is 59.8 Å². The zero-order valence-electron chi connectivity index (χ0n) is 36.5. The molecular weight excluding hydrogens is 1080 g/mol. The monoisotopic (exact) mass is 1110 g/mol. The fourth-order valence-electron chi connectivity index (χ4n) is 6.34. The van der Waals surface area contributed by atoms with Gasteiger partial charge in [0.05, 0.1) is 51.2 Å². The van der Waals surface area contributed by atoms with Gasteiger partial charge in [0.2, 0.25) is 21.8 Å². The van der Waals surface area contributed by atoms with Gasteiger partial charge in [0.15, 0.2) is 11.9 Å². The molecule has 0 saturated heterocycles. The molecule has 28 heteroatoms. The summed E-state index contributed by atoms with van der Waals surface area (Å²) >= 11 is 39.2. The summed E-state index contributed by atoms with van der Waals surface area (Å²) in [7, 11) is 1.62. The van der Waals surface area contributed by atoms with Crippen molar-refractivity contribution in [3.05, 3.63) is 166 Å². The molecule has 6 heterocycles. The first kappa shape index (κ1) is 52.2. The number of anilines is 4. The molecule has 0 radical (unpaired) electrons. The number of fused-ring (bicyclic) bond motifs is 2. The van der Waals surface area contributed by atoms with Crippen molar-refractivity contribution in [1.29, 1.82) is 0 Å². The van der Waals surface area contributed by atoms with Crippen LogP contribution < -0.4 is 32.8 Å². The van der Waals surface area contributed by atoms with Crippen molar-refractivity contribution >= 4 is 132 Å². The third-order valence-electron chi connectivity index (χ3n) is 9.42. The predicted molar refractivity (Wildman–Crippen MR) is 282 cm³/mol. The van der Waals surface area contributed by atoms with E-state index in [1.165, 1.54) is 30.3 Å². The Hall–Kier alpha value is -7.63. The van der Waals surface area contributed by atoms with Crippen molar-refractivity contribution < 1.29 is 9.66 Å². The lowest BCUT2D eigenvalue weighted by atomic mass is 10.1. The van der Waals surface area contributed by atoms with E-state index in [9.17, 15) is 14.9 Å². The summed E-state index contributed by atoms with van der Waals surface area (Å²) in [5.41, 5.74) is 24.3. The number of nitrogen functional groups attached to an aromatic ring is 3. The maximum absolute atomic E-state index is 12.1. The zero-order chi connectivity index (χ0) is 51.6. The van der Waals surface area contributed by atoms with E-state index in [-0.39, 0.29) is 48.2 Å². The van der Waals surface area contributed by atoms with E-state index in [2.05, 4.69) is 65.1 Å². The Morgan fingerprint density at radius 2 is 1.06 bits per heavy atom. The minimum Gasteiger partial charge on any atom is -0.497 e. The number of halogens is 7. The molecule has 366 valence electrons. The van der Waals surface area contributed by atoms with E-state index in [1.54, 1.807) is 19.2 Å². The summed E-state index contributed by atoms with van der Waals surface area (Å²) in [6.45, 7) is 0.500. The second-order valence-corrected chi connectivity index (χ2v) is 17.0. The molecule has 21 nitrogen and oxygen atoms in total. The lowest BCUT2D eigenvalue weighted by Crippen LogP contribution is -2.12. The van der Waals surface area contributed by atoms with Crippen LogP contribution >= 0.6 is 81.2 Å². The van der Waals surface area contributed by atoms with Gasteiger partial charge >= 0.3 is 0 Å². The minimum atomic E-state index is -0.566. The van der Waals surface area contributed by atoms with Crippen molar-refractivity contribution in [2.24, 2.45) is 0 Å². The fraction of sp³-hybridized carbons (Fsp3) is 0.0455. The summed E-state index contributed by atoms with van der Waals surface area (Å²) in [6.07, 6.45) is 0. The first-order valence-electron chi connectivity index (χ1n) is 20.2. The molecule has 6 aromatic heterocycles. The number of ether oxygens (including phenoxy) is 1. The number of rotatable bonds is 8. The van der Waals surface area contributed by atoms with E-state index in [1.807, 2.05) is 60.7 Å². The Balaban J connectivity index is 0.000000149. The molecule has 10 N–H and O–H groups in total. The molecule has 0 saturated carbocycles. The summed E-state index contributed by atoms with van der Waals surface area (Å²) < 4.78 is 5.22. The number of imidazole rings is 2. The van der Waals surface area contributed by atoms with Gasteiger partial charge in [-0.3, -0.25) is 19.9 Å². The van der Waals surface area contributed by atoms with Crippen LogP contribution in [-0.2, 0) is 6.54 Å². The molecule has 0 spiro atoms. The smallest absolute Gasteiger partial charge is 0.292 e. The number of aromatic nitrogens is 12. The van der Waals surface area contributed by atoms with Crippen LogP contribution in [0.1, 0.15) is 5.56 Å². The van der Waals surface area contributed by atoms with Gasteiger partial charge in [0.1, 0.15) is 32.0 Å². The normalized spacial score (nSPS) is 10.6. The van der Waals surface area contributed by atoms with Crippen molar-refractivity contribution in [2.75, 3.05) is 29.6 Å². The van der Waals surface area contributed by atoms with Crippen LogP contribution in [-0.4, -0.2) is 71.8 Å². The maximum Gasteiger partial charge on any atom is 0.292 e. The molecule has 10 aromatic rings. The van der Waals surface area contributed by atoms with Crippen LogP contribution in [0.15, 0.2) is 108 Å². The van der Waals surface area contributed by atoms with Crippen LogP contribution in [0, 0.1) is 10.1 Å². The number of benzene rings is 4. The van der Waals surface area contributed by atoms with Gasteiger partial charge < -0.3 is 37.2 Å². The highest BCUT2D eigenvalue weighted by Gasteiger charge is 2.15.